The highest BCUT2D eigenvalue weighted by atomic mass is 19.1. The van der Waals surface area contributed by atoms with Gasteiger partial charge in [-0.05, 0) is 12.5 Å². The van der Waals surface area contributed by atoms with Gasteiger partial charge in [0.2, 0.25) is 0 Å². The summed E-state index contributed by atoms with van der Waals surface area (Å²) in [5.74, 6) is -0.104. The molecule has 0 saturated carbocycles. The number of hydrogen-bond donors (Lipinski definition) is 0. The molecular weight excluding hydrogens is 115 g/mol. The van der Waals surface area contributed by atoms with Crippen molar-refractivity contribution in [1.29, 1.82) is 0 Å². The second-order valence-electron chi connectivity index (χ2n) is 1.59. The van der Waals surface area contributed by atoms with Crippen LogP contribution in [0.2, 0.25) is 0 Å². The largest absolute Gasteiger partial charge is 0.212 e. The summed E-state index contributed by atoms with van der Waals surface area (Å²) in [6, 6.07) is 0. The minimum Gasteiger partial charge on any atom is -0.212 e. The molecule has 0 aromatic rings. The van der Waals surface area contributed by atoms with E-state index in [4.69, 9.17) is 0 Å². The second-order valence-corrected chi connectivity index (χ2v) is 1.59. The van der Waals surface area contributed by atoms with Gasteiger partial charge in [-0.15, -0.1) is 0 Å². The molecule has 0 spiro atoms. The summed E-state index contributed by atoms with van der Waals surface area (Å²) < 4.78 is 12.2. The molecule has 0 aliphatic heterocycles. The van der Waals surface area contributed by atoms with Gasteiger partial charge in [-0.25, -0.2) is 4.39 Å². The molecule has 0 radical (unpaired) electrons. The maximum Gasteiger partial charge on any atom is 0.0996 e. The van der Waals surface area contributed by atoms with Crippen molar-refractivity contribution < 1.29 is 4.39 Å². The molecule has 1 heteroatoms. The Balaban J connectivity index is 3.67. The zero-order valence-corrected chi connectivity index (χ0v) is 5.60. The molecule has 9 heavy (non-hydrogen) atoms. The van der Waals surface area contributed by atoms with E-state index in [2.05, 4.69) is 6.58 Å². The third-order valence-corrected chi connectivity index (χ3v) is 0.862. The Bertz CT molecular complexity index is 132. The first-order valence-electron chi connectivity index (χ1n) is 2.95. The van der Waals surface area contributed by atoms with Crippen LogP contribution >= 0.6 is 0 Å². The molecule has 0 fully saturated rings. The minimum atomic E-state index is -0.104. The molecule has 0 unspecified atom stereocenters. The highest BCUT2D eigenvalue weighted by Crippen LogP contribution is 2.00. The SMILES string of the molecule is C=C/C=C\C=C(\F)CC. The van der Waals surface area contributed by atoms with Crippen LogP contribution in [-0.4, -0.2) is 0 Å². The molecule has 0 nitrogen and oxygen atoms in total. The molecule has 0 aromatic heterocycles. The van der Waals surface area contributed by atoms with Crippen LogP contribution in [0.3, 0.4) is 0 Å². The van der Waals surface area contributed by atoms with Gasteiger partial charge in [0.05, 0.1) is 5.83 Å². The van der Waals surface area contributed by atoms with Gasteiger partial charge in [-0.3, -0.25) is 0 Å². The van der Waals surface area contributed by atoms with Crippen molar-refractivity contribution in [2.24, 2.45) is 0 Å². The lowest BCUT2D eigenvalue weighted by atomic mass is 10.3. The predicted octanol–water partition coefficient (Wildman–Crippen LogP) is 2.99. The molecule has 0 aromatic carbocycles. The van der Waals surface area contributed by atoms with Crippen molar-refractivity contribution in [2.45, 2.75) is 13.3 Å². The average molecular weight is 126 g/mol. The van der Waals surface area contributed by atoms with Crippen molar-refractivity contribution in [3.63, 3.8) is 0 Å². The molecule has 50 valence electrons. The van der Waals surface area contributed by atoms with Crippen LogP contribution in [0.4, 0.5) is 4.39 Å². The molecule has 0 amide bonds. The minimum absolute atomic E-state index is 0.104. The predicted molar refractivity (Wildman–Crippen MR) is 38.8 cm³/mol. The lowest BCUT2D eigenvalue weighted by Gasteiger charge is -1.82. The Kier molecular flexibility index (Phi) is 4.79. The van der Waals surface area contributed by atoms with Crippen molar-refractivity contribution in [2.75, 3.05) is 0 Å². The fourth-order valence-corrected chi connectivity index (χ4v) is 0.356. The van der Waals surface area contributed by atoms with Gasteiger partial charge >= 0.3 is 0 Å². The highest BCUT2D eigenvalue weighted by molar-refractivity contribution is 5.11. The van der Waals surface area contributed by atoms with Gasteiger partial charge < -0.3 is 0 Å². The van der Waals surface area contributed by atoms with Gasteiger partial charge in [0.25, 0.3) is 0 Å². The topological polar surface area (TPSA) is 0 Å². The second kappa shape index (κ2) is 5.29. The molecule has 0 bridgehead atoms. The van der Waals surface area contributed by atoms with Crippen LogP contribution in [0.5, 0.6) is 0 Å². The van der Waals surface area contributed by atoms with E-state index in [0.717, 1.165) is 0 Å². The van der Waals surface area contributed by atoms with Gasteiger partial charge in [-0.1, -0.05) is 31.7 Å². The monoisotopic (exact) mass is 126 g/mol. The molecule has 0 aliphatic carbocycles. The Morgan fingerprint density at radius 1 is 1.56 bits per heavy atom. The molecule has 0 saturated heterocycles. The normalized spacial score (nSPS) is 12.4. The molecule has 0 rings (SSSR count). The van der Waals surface area contributed by atoms with Crippen LogP contribution in [0.15, 0.2) is 36.7 Å². The fraction of sp³-hybridized carbons (Fsp3) is 0.250. The standard InChI is InChI=1S/C8H11F/c1-3-5-6-7-8(9)4-2/h3,5-7H,1,4H2,2H3/b6-5-,8-7+. The maximum absolute atomic E-state index is 12.2. The van der Waals surface area contributed by atoms with Gasteiger partial charge in [-0.2, -0.15) is 0 Å². The number of halogens is 1. The molecule has 0 atom stereocenters. The maximum atomic E-state index is 12.2. The zero-order chi connectivity index (χ0) is 7.11. The summed E-state index contributed by atoms with van der Waals surface area (Å²) in [6.07, 6.45) is 6.82. The number of rotatable bonds is 3. The summed E-state index contributed by atoms with van der Waals surface area (Å²) in [5, 5.41) is 0. The average Bonchev–Trinajstić information content (AvgIpc) is 1.89. The van der Waals surface area contributed by atoms with E-state index in [1.165, 1.54) is 6.08 Å². The first-order chi connectivity index (χ1) is 4.31. The summed E-state index contributed by atoms with van der Waals surface area (Å²) in [6.45, 7) is 5.22. The summed E-state index contributed by atoms with van der Waals surface area (Å²) >= 11 is 0. The third kappa shape index (κ3) is 5.01. The lowest BCUT2D eigenvalue weighted by Crippen LogP contribution is -1.63. The van der Waals surface area contributed by atoms with Crippen molar-refractivity contribution in [3.05, 3.63) is 36.7 Å². The quantitative estimate of drug-likeness (QED) is 0.510. The van der Waals surface area contributed by atoms with E-state index in [1.807, 2.05) is 0 Å². The first kappa shape index (κ1) is 8.15. The van der Waals surface area contributed by atoms with E-state index in [1.54, 1.807) is 25.2 Å². The van der Waals surface area contributed by atoms with Gasteiger partial charge in [0.15, 0.2) is 0 Å². The Morgan fingerprint density at radius 3 is 2.67 bits per heavy atom. The van der Waals surface area contributed by atoms with E-state index in [-0.39, 0.29) is 5.83 Å². The molecular formula is C8H11F. The Morgan fingerprint density at radius 2 is 2.22 bits per heavy atom. The van der Waals surface area contributed by atoms with Gasteiger partial charge in [0.1, 0.15) is 0 Å². The lowest BCUT2D eigenvalue weighted by molar-refractivity contribution is 0.604. The van der Waals surface area contributed by atoms with E-state index < -0.39 is 0 Å². The molecule has 0 N–H and O–H groups in total. The van der Waals surface area contributed by atoms with Crippen LogP contribution in [0.1, 0.15) is 13.3 Å². The fourth-order valence-electron chi connectivity index (χ4n) is 0.356. The smallest absolute Gasteiger partial charge is 0.0996 e. The van der Waals surface area contributed by atoms with E-state index in [9.17, 15) is 4.39 Å². The van der Waals surface area contributed by atoms with Crippen LogP contribution < -0.4 is 0 Å². The first-order valence-corrected chi connectivity index (χ1v) is 2.95. The van der Waals surface area contributed by atoms with Crippen molar-refractivity contribution in [3.8, 4) is 0 Å². The third-order valence-electron chi connectivity index (χ3n) is 0.862. The van der Waals surface area contributed by atoms with Gasteiger partial charge in [0, 0.05) is 0 Å². The van der Waals surface area contributed by atoms with Crippen LogP contribution in [0, 0.1) is 0 Å². The Hall–Kier alpha value is -0.850. The molecule has 0 heterocycles. The number of hydrogen-bond acceptors (Lipinski definition) is 0. The van der Waals surface area contributed by atoms with Crippen LogP contribution in [0.25, 0.3) is 0 Å². The van der Waals surface area contributed by atoms with E-state index >= 15 is 0 Å². The Labute approximate surface area is 55.4 Å². The molecule has 0 aliphatic rings. The summed E-state index contributed by atoms with van der Waals surface area (Å²) in [4.78, 5) is 0. The highest BCUT2D eigenvalue weighted by Gasteiger charge is 1.81. The van der Waals surface area contributed by atoms with Crippen LogP contribution in [-0.2, 0) is 0 Å². The van der Waals surface area contributed by atoms with Crippen molar-refractivity contribution in [1.82, 2.24) is 0 Å². The van der Waals surface area contributed by atoms with Crippen molar-refractivity contribution >= 4 is 0 Å². The summed E-state index contributed by atoms with van der Waals surface area (Å²) in [5.41, 5.74) is 0. The zero-order valence-electron chi connectivity index (χ0n) is 5.60. The summed E-state index contributed by atoms with van der Waals surface area (Å²) in [7, 11) is 0. The van der Waals surface area contributed by atoms with E-state index in [0.29, 0.717) is 6.42 Å². The number of allylic oxidation sites excluding steroid dienone is 5.